The Kier molecular flexibility index (Phi) is 5.57. The number of hydrogen-bond acceptors (Lipinski definition) is 3. The summed E-state index contributed by atoms with van der Waals surface area (Å²) in [7, 11) is 1.90. The van der Waals surface area contributed by atoms with Gasteiger partial charge in [-0.2, -0.15) is 0 Å². The molecule has 27 heavy (non-hydrogen) atoms. The van der Waals surface area contributed by atoms with Gasteiger partial charge in [-0.1, -0.05) is 48.5 Å². The van der Waals surface area contributed by atoms with E-state index in [-0.39, 0.29) is 12.6 Å². The van der Waals surface area contributed by atoms with E-state index < -0.39 is 17.9 Å². The summed E-state index contributed by atoms with van der Waals surface area (Å²) in [6, 6.07) is 16.8. The monoisotopic (exact) mass is 365 g/mol. The second-order valence-corrected chi connectivity index (χ2v) is 6.54. The molecular formula is C21H23N3O3. The molecule has 3 aromatic rings. The normalized spacial score (nSPS) is 13.1. The van der Waals surface area contributed by atoms with Crippen molar-refractivity contribution in [3.63, 3.8) is 0 Å². The fraction of sp³-hybridized carbons (Fsp3) is 0.238. The maximum Gasteiger partial charge on any atom is 0.309 e. The fourth-order valence-corrected chi connectivity index (χ4v) is 3.11. The van der Waals surface area contributed by atoms with E-state index in [1.54, 1.807) is 0 Å². The number of nitrogens with zero attached hydrogens (tertiary/aromatic N) is 1. The van der Waals surface area contributed by atoms with Crippen molar-refractivity contribution in [1.29, 1.82) is 0 Å². The Balaban J connectivity index is 1.58. The summed E-state index contributed by atoms with van der Waals surface area (Å²) in [4.78, 5) is 24.2. The molecule has 3 rings (SSSR count). The van der Waals surface area contributed by atoms with E-state index >= 15 is 0 Å². The van der Waals surface area contributed by atoms with Gasteiger partial charge in [-0.3, -0.25) is 9.59 Å². The van der Waals surface area contributed by atoms with Crippen molar-refractivity contribution in [3.8, 4) is 0 Å². The molecule has 0 radical (unpaired) electrons. The lowest BCUT2D eigenvalue weighted by Gasteiger charge is -2.15. The number of aromatic nitrogens is 1. The van der Waals surface area contributed by atoms with Crippen LogP contribution in [0, 0.1) is 0 Å². The summed E-state index contributed by atoms with van der Waals surface area (Å²) < 4.78 is 1.92. The van der Waals surface area contributed by atoms with Crippen LogP contribution in [0.25, 0.3) is 10.9 Å². The van der Waals surface area contributed by atoms with Crippen molar-refractivity contribution in [3.05, 3.63) is 71.9 Å². The lowest BCUT2D eigenvalue weighted by Crippen LogP contribution is -2.42. The number of fused-ring (bicyclic) bond motifs is 1. The summed E-state index contributed by atoms with van der Waals surface area (Å²) in [6.07, 6.45) is 0.929. The number of hydrogen-bond donors (Lipinski definition) is 3. The molecule has 0 saturated heterocycles. The van der Waals surface area contributed by atoms with E-state index in [1.165, 1.54) is 0 Å². The second kappa shape index (κ2) is 8.05. The third-order valence-corrected chi connectivity index (χ3v) is 4.60. The van der Waals surface area contributed by atoms with E-state index in [4.69, 9.17) is 0 Å². The summed E-state index contributed by atoms with van der Waals surface area (Å²) >= 11 is 0. The van der Waals surface area contributed by atoms with E-state index in [0.717, 1.165) is 16.5 Å². The van der Waals surface area contributed by atoms with Crippen molar-refractivity contribution in [2.24, 2.45) is 7.05 Å². The summed E-state index contributed by atoms with van der Waals surface area (Å²) in [5, 5.41) is 16.5. The molecule has 0 aliphatic heterocycles. The molecule has 3 N–H and O–H groups in total. The van der Waals surface area contributed by atoms with Gasteiger partial charge >= 0.3 is 11.8 Å². The minimum atomic E-state index is -0.903. The van der Waals surface area contributed by atoms with Crippen molar-refractivity contribution in [2.75, 3.05) is 6.54 Å². The molecule has 0 aliphatic rings. The smallest absolute Gasteiger partial charge is 0.309 e. The Bertz CT molecular complexity index is 950. The Morgan fingerprint density at radius 2 is 1.70 bits per heavy atom. The SMILES string of the molecule is CC(NC(=O)C(=O)NCC(O)c1cn(C)c2ccccc12)c1ccccc1. The number of rotatable bonds is 5. The molecule has 6 nitrogen and oxygen atoms in total. The largest absolute Gasteiger partial charge is 0.386 e. The molecule has 140 valence electrons. The van der Waals surface area contributed by atoms with Crippen LogP contribution in [0.15, 0.2) is 60.8 Å². The van der Waals surface area contributed by atoms with Gasteiger partial charge in [0.1, 0.15) is 0 Å². The first-order valence-corrected chi connectivity index (χ1v) is 8.83. The zero-order valence-electron chi connectivity index (χ0n) is 15.3. The van der Waals surface area contributed by atoms with Gasteiger partial charge in [0.25, 0.3) is 0 Å². The van der Waals surface area contributed by atoms with Crippen LogP contribution in [-0.2, 0) is 16.6 Å². The van der Waals surface area contributed by atoms with Gasteiger partial charge in [0.05, 0.1) is 12.1 Å². The van der Waals surface area contributed by atoms with Crippen LogP contribution in [-0.4, -0.2) is 28.0 Å². The summed E-state index contributed by atoms with van der Waals surface area (Å²) in [5.74, 6) is -1.49. The van der Waals surface area contributed by atoms with Gasteiger partial charge in [0.15, 0.2) is 0 Å². The van der Waals surface area contributed by atoms with Gasteiger partial charge in [-0.15, -0.1) is 0 Å². The zero-order valence-corrected chi connectivity index (χ0v) is 15.3. The minimum absolute atomic E-state index is 0.0417. The second-order valence-electron chi connectivity index (χ2n) is 6.54. The molecule has 2 unspecified atom stereocenters. The topological polar surface area (TPSA) is 83.4 Å². The first kappa shape index (κ1) is 18.7. The maximum absolute atomic E-state index is 12.1. The Labute approximate surface area is 157 Å². The third-order valence-electron chi connectivity index (χ3n) is 4.60. The van der Waals surface area contributed by atoms with E-state index in [0.29, 0.717) is 5.56 Å². The van der Waals surface area contributed by atoms with E-state index in [2.05, 4.69) is 10.6 Å². The predicted octanol–water partition coefficient (Wildman–Crippen LogP) is 2.21. The average molecular weight is 365 g/mol. The molecule has 2 amide bonds. The number of aryl methyl sites for hydroxylation is 1. The van der Waals surface area contributed by atoms with Crippen LogP contribution in [0.5, 0.6) is 0 Å². The Hall–Kier alpha value is -3.12. The van der Waals surface area contributed by atoms with E-state index in [9.17, 15) is 14.7 Å². The number of aliphatic hydroxyl groups is 1. The minimum Gasteiger partial charge on any atom is -0.386 e. The average Bonchev–Trinajstić information content (AvgIpc) is 3.03. The molecule has 2 aromatic carbocycles. The van der Waals surface area contributed by atoms with Gasteiger partial charge in [0.2, 0.25) is 0 Å². The number of aliphatic hydroxyl groups excluding tert-OH is 1. The number of nitrogens with one attached hydrogen (secondary N) is 2. The standard InChI is InChI=1S/C21H23N3O3/c1-14(15-8-4-3-5-9-15)23-21(27)20(26)22-12-19(25)17-13-24(2)18-11-7-6-10-16(17)18/h3-11,13-14,19,25H,12H2,1-2H3,(H,22,26)(H,23,27). The molecule has 0 aliphatic carbocycles. The molecule has 1 heterocycles. The molecular weight excluding hydrogens is 342 g/mol. The Morgan fingerprint density at radius 3 is 2.44 bits per heavy atom. The summed E-state index contributed by atoms with van der Waals surface area (Å²) in [5.41, 5.74) is 2.62. The number of para-hydroxylation sites is 1. The van der Waals surface area contributed by atoms with Crippen molar-refractivity contribution < 1.29 is 14.7 Å². The lowest BCUT2D eigenvalue weighted by molar-refractivity contribution is -0.139. The molecule has 2 atom stereocenters. The van der Waals surface area contributed by atoms with Gasteiger partial charge in [-0.05, 0) is 18.6 Å². The van der Waals surface area contributed by atoms with Crippen LogP contribution in [0.4, 0.5) is 0 Å². The van der Waals surface area contributed by atoms with Gasteiger partial charge in [-0.25, -0.2) is 0 Å². The van der Waals surface area contributed by atoms with Gasteiger partial charge < -0.3 is 20.3 Å². The van der Waals surface area contributed by atoms with Crippen LogP contribution < -0.4 is 10.6 Å². The van der Waals surface area contributed by atoms with Crippen molar-refractivity contribution >= 4 is 22.7 Å². The quantitative estimate of drug-likeness (QED) is 0.606. The number of carbonyl (C=O) groups is 2. The van der Waals surface area contributed by atoms with Crippen LogP contribution >= 0.6 is 0 Å². The molecule has 0 bridgehead atoms. The van der Waals surface area contributed by atoms with Crippen molar-refractivity contribution in [1.82, 2.24) is 15.2 Å². The highest BCUT2D eigenvalue weighted by Crippen LogP contribution is 2.25. The third kappa shape index (κ3) is 4.17. The molecule has 6 heteroatoms. The zero-order chi connectivity index (χ0) is 19.4. The van der Waals surface area contributed by atoms with Gasteiger partial charge in [0, 0.05) is 36.3 Å². The molecule has 0 spiro atoms. The lowest BCUT2D eigenvalue weighted by atomic mass is 10.1. The number of amides is 2. The summed E-state index contributed by atoms with van der Waals surface area (Å²) in [6.45, 7) is 1.77. The van der Waals surface area contributed by atoms with Crippen LogP contribution in [0.3, 0.4) is 0 Å². The first-order chi connectivity index (χ1) is 13.0. The highest BCUT2D eigenvalue weighted by Gasteiger charge is 2.20. The molecule has 1 aromatic heterocycles. The van der Waals surface area contributed by atoms with Crippen LogP contribution in [0.1, 0.15) is 30.2 Å². The highest BCUT2D eigenvalue weighted by atomic mass is 16.3. The van der Waals surface area contributed by atoms with E-state index in [1.807, 2.05) is 79.3 Å². The number of carbonyl (C=O) groups excluding carboxylic acids is 2. The fourth-order valence-electron chi connectivity index (χ4n) is 3.11. The molecule has 0 fully saturated rings. The number of benzene rings is 2. The Morgan fingerprint density at radius 1 is 1.04 bits per heavy atom. The first-order valence-electron chi connectivity index (χ1n) is 8.83. The van der Waals surface area contributed by atoms with Crippen molar-refractivity contribution in [2.45, 2.75) is 19.1 Å². The van der Waals surface area contributed by atoms with Crippen LogP contribution in [0.2, 0.25) is 0 Å². The maximum atomic E-state index is 12.1. The molecule has 0 saturated carbocycles. The highest BCUT2D eigenvalue weighted by molar-refractivity contribution is 6.35. The predicted molar refractivity (Wildman–Crippen MR) is 104 cm³/mol.